The number of hydrogen-bond acceptors (Lipinski definition) is 6. The first-order chi connectivity index (χ1) is 13.3. The van der Waals surface area contributed by atoms with Gasteiger partial charge in [0.1, 0.15) is 11.5 Å². The first-order valence-corrected chi connectivity index (χ1v) is 10.7. The Balaban J connectivity index is 2.02. The Kier molecular flexibility index (Phi) is 7.52. The molecule has 8 heteroatoms. The van der Waals surface area contributed by atoms with Gasteiger partial charge >= 0.3 is 13.5 Å². The van der Waals surface area contributed by atoms with E-state index in [9.17, 15) is 4.79 Å². The van der Waals surface area contributed by atoms with E-state index in [0.29, 0.717) is 24.3 Å². The Morgan fingerprint density at radius 1 is 0.964 bits per heavy atom. The fourth-order valence-corrected chi connectivity index (χ4v) is 3.58. The Hall–Kier alpha value is -2.92. The second-order valence-corrected chi connectivity index (χ2v) is 8.50. The van der Waals surface area contributed by atoms with Crippen molar-refractivity contribution in [3.8, 4) is 11.5 Å². The van der Waals surface area contributed by atoms with Gasteiger partial charge in [-0.3, -0.25) is 4.79 Å². The smallest absolute Gasteiger partial charge is 0.310 e. The summed E-state index contributed by atoms with van der Waals surface area (Å²) in [5.74, 6) is -0.334. The highest BCUT2D eigenvalue weighted by Gasteiger charge is 2.17. The fraction of sp³-hybridized carbons (Fsp3) is 0.250. The molecule has 0 saturated heterocycles. The van der Waals surface area contributed by atoms with Gasteiger partial charge in [0.25, 0.3) is 5.95 Å². The number of hydrogen-bond donors (Lipinski definition) is 3. The van der Waals surface area contributed by atoms with E-state index in [1.807, 2.05) is 24.3 Å². The van der Waals surface area contributed by atoms with Crippen molar-refractivity contribution < 1.29 is 29.2 Å². The van der Waals surface area contributed by atoms with Crippen molar-refractivity contribution in [1.82, 2.24) is 0 Å². The molecule has 2 rings (SSSR count). The van der Waals surface area contributed by atoms with Gasteiger partial charge in [-0.15, -0.1) is 0 Å². The van der Waals surface area contributed by atoms with Gasteiger partial charge in [-0.05, 0) is 48.2 Å². The van der Waals surface area contributed by atoms with Crippen LogP contribution in [0.25, 0.3) is 0 Å². The summed E-state index contributed by atoms with van der Waals surface area (Å²) in [6, 6.07) is 14.4. The van der Waals surface area contributed by atoms with E-state index >= 15 is 0 Å². The molecule has 0 bridgehead atoms. The van der Waals surface area contributed by atoms with Crippen LogP contribution in [0.5, 0.6) is 11.5 Å². The van der Waals surface area contributed by atoms with E-state index in [0.717, 1.165) is 11.1 Å². The van der Waals surface area contributed by atoms with Crippen molar-refractivity contribution in [3.05, 3.63) is 71.7 Å². The van der Waals surface area contributed by atoms with E-state index in [1.165, 1.54) is 6.08 Å². The van der Waals surface area contributed by atoms with Crippen molar-refractivity contribution in [2.75, 3.05) is 13.7 Å². The van der Waals surface area contributed by atoms with Gasteiger partial charge in [-0.2, -0.15) is 0 Å². The van der Waals surface area contributed by atoms with Crippen molar-refractivity contribution in [2.45, 2.75) is 19.3 Å². The summed E-state index contributed by atoms with van der Waals surface area (Å²) in [4.78, 5) is 10.7. The highest BCUT2D eigenvalue weighted by molar-refractivity contribution is 7.56. The third-order valence-corrected chi connectivity index (χ3v) is 5.73. The van der Waals surface area contributed by atoms with E-state index in [-0.39, 0.29) is 6.42 Å². The lowest BCUT2D eigenvalue weighted by Gasteiger charge is -2.21. The molecule has 0 aliphatic heterocycles. The maximum Gasteiger partial charge on any atom is 0.310 e. The maximum atomic E-state index is 10.7. The van der Waals surface area contributed by atoms with Crippen LogP contribution in [-0.4, -0.2) is 35.0 Å². The fourth-order valence-electron chi connectivity index (χ4n) is 2.36. The molecule has 7 nitrogen and oxygen atoms in total. The zero-order valence-corrected chi connectivity index (χ0v) is 16.7. The minimum Gasteiger partial charge on any atom is -0.481 e. The molecule has 1 unspecified atom stereocenters. The Bertz CT molecular complexity index is 871. The van der Waals surface area contributed by atoms with Gasteiger partial charge in [-0.25, -0.2) is 4.74 Å². The molecule has 0 amide bonds. The summed E-state index contributed by atoms with van der Waals surface area (Å²) in [7, 11) is -0.910. The molecule has 2 aromatic rings. The highest BCUT2D eigenvalue weighted by Crippen LogP contribution is 2.47. The molecule has 0 radical (unpaired) electrons. The number of aliphatic hydroxyl groups excluding tert-OH is 1. The van der Waals surface area contributed by atoms with Gasteiger partial charge in [-0.1, -0.05) is 24.3 Å². The number of carboxylic acids is 1. The molecular weight excluding hydrogens is 381 g/mol. The van der Waals surface area contributed by atoms with Crippen molar-refractivity contribution >= 4 is 13.5 Å². The number of aryl methyl sites for hydroxylation is 1. The molecule has 3 N–H and O–H groups in total. The maximum absolute atomic E-state index is 10.7. The number of benzene rings is 2. The first kappa shape index (κ1) is 21.4. The zero-order valence-electron chi connectivity index (χ0n) is 15.8. The lowest BCUT2D eigenvalue weighted by molar-refractivity contribution is -0.136. The molecule has 2 aromatic carbocycles. The SMILES string of the molecule is CN=P(C)(Oc1ccc(CC=C(O)O)cc1)Oc1ccc(CCC(=O)O)cc1. The summed E-state index contributed by atoms with van der Waals surface area (Å²) in [5.41, 5.74) is 1.82. The molecule has 0 aromatic heterocycles. The topological polar surface area (TPSA) is 109 Å². The van der Waals surface area contributed by atoms with Crippen LogP contribution in [0.4, 0.5) is 0 Å². The number of nitrogens with zero attached hydrogens (tertiary/aromatic N) is 1. The average molecular weight is 405 g/mol. The average Bonchev–Trinajstić information content (AvgIpc) is 2.67. The summed E-state index contributed by atoms with van der Waals surface area (Å²) in [6.07, 6.45) is 2.25. The first-order valence-electron chi connectivity index (χ1n) is 8.64. The Labute approximate surface area is 164 Å². The molecule has 0 heterocycles. The van der Waals surface area contributed by atoms with E-state index in [4.69, 9.17) is 24.4 Å². The number of rotatable bonds is 9. The molecule has 0 aliphatic rings. The summed E-state index contributed by atoms with van der Waals surface area (Å²) < 4.78 is 16.2. The number of allylic oxidation sites excluding steroid dienone is 1. The van der Waals surface area contributed by atoms with Gasteiger partial charge in [0, 0.05) is 26.2 Å². The van der Waals surface area contributed by atoms with Crippen LogP contribution < -0.4 is 9.05 Å². The van der Waals surface area contributed by atoms with Crippen LogP contribution in [-0.2, 0) is 17.6 Å². The van der Waals surface area contributed by atoms with E-state index in [2.05, 4.69) is 4.74 Å². The van der Waals surface area contributed by atoms with Gasteiger partial charge in [0.05, 0.1) is 0 Å². The van der Waals surface area contributed by atoms with E-state index < -0.39 is 19.4 Å². The quantitative estimate of drug-likeness (QED) is 0.402. The van der Waals surface area contributed by atoms with Crippen molar-refractivity contribution in [3.63, 3.8) is 0 Å². The standard InChI is InChI=1S/C20H24NO6P/c1-21-28(2,26-17-9-3-15(4-10-17)7-13-19(22)23)27-18-11-5-16(6-12-18)8-14-20(24)25/h3-6,9-13,22-23H,7-8,14H2,1-2H3,(H,24,25). The number of aliphatic carboxylic acids is 1. The highest BCUT2D eigenvalue weighted by atomic mass is 31.2. The van der Waals surface area contributed by atoms with Crippen LogP contribution in [0.2, 0.25) is 0 Å². The minimum atomic E-state index is -2.55. The lowest BCUT2D eigenvalue weighted by atomic mass is 10.1. The van der Waals surface area contributed by atoms with Crippen LogP contribution >= 0.6 is 7.51 Å². The summed E-state index contributed by atoms with van der Waals surface area (Å²) in [5, 5.41) is 26.4. The predicted octanol–water partition coefficient (Wildman–Crippen LogP) is 4.95. The molecule has 1 atom stereocenters. The molecule has 0 aliphatic carbocycles. The van der Waals surface area contributed by atoms with Crippen LogP contribution in [0.1, 0.15) is 17.5 Å². The monoisotopic (exact) mass is 405 g/mol. The lowest BCUT2D eigenvalue weighted by Crippen LogP contribution is -2.01. The third-order valence-electron chi connectivity index (χ3n) is 3.91. The van der Waals surface area contributed by atoms with Crippen LogP contribution in [0, 0.1) is 0 Å². The van der Waals surface area contributed by atoms with Gasteiger partial charge < -0.3 is 24.4 Å². The van der Waals surface area contributed by atoms with Crippen molar-refractivity contribution in [2.24, 2.45) is 4.74 Å². The molecule has 0 fully saturated rings. The number of carboxylic acid groups (broad SMARTS) is 1. The third kappa shape index (κ3) is 7.00. The molecule has 150 valence electrons. The van der Waals surface area contributed by atoms with E-state index in [1.54, 1.807) is 38.0 Å². The number of carbonyl (C=O) groups is 1. The normalized spacial score (nSPS) is 12.5. The second kappa shape index (κ2) is 9.85. The summed E-state index contributed by atoms with van der Waals surface area (Å²) in [6.45, 7) is 1.80. The Morgan fingerprint density at radius 3 is 1.89 bits per heavy atom. The molecule has 0 saturated carbocycles. The van der Waals surface area contributed by atoms with Gasteiger partial charge in [0.15, 0.2) is 0 Å². The molecule has 28 heavy (non-hydrogen) atoms. The largest absolute Gasteiger partial charge is 0.481 e. The second-order valence-electron chi connectivity index (χ2n) is 6.13. The minimum absolute atomic E-state index is 0.0853. The Morgan fingerprint density at radius 2 is 1.46 bits per heavy atom. The molecular formula is C20H24NO6P. The van der Waals surface area contributed by atoms with Crippen LogP contribution in [0.15, 0.2) is 65.3 Å². The zero-order chi connectivity index (χ0) is 20.6. The number of aliphatic hydroxyl groups is 2. The predicted molar refractivity (Wildman–Crippen MR) is 108 cm³/mol. The van der Waals surface area contributed by atoms with Crippen molar-refractivity contribution in [1.29, 1.82) is 0 Å². The molecule has 0 spiro atoms. The summed E-state index contributed by atoms with van der Waals surface area (Å²) >= 11 is 0. The van der Waals surface area contributed by atoms with Gasteiger partial charge in [0.2, 0.25) is 0 Å². The van der Waals surface area contributed by atoms with Crippen LogP contribution in [0.3, 0.4) is 0 Å².